The zero-order chi connectivity index (χ0) is 22.5. The van der Waals surface area contributed by atoms with E-state index in [0.29, 0.717) is 6.54 Å². The van der Waals surface area contributed by atoms with Crippen molar-refractivity contribution in [1.82, 2.24) is 9.80 Å². The van der Waals surface area contributed by atoms with Crippen LogP contribution in [0.2, 0.25) is 0 Å². The summed E-state index contributed by atoms with van der Waals surface area (Å²) < 4.78 is 12.4. The van der Waals surface area contributed by atoms with Crippen LogP contribution in [0, 0.1) is 0 Å². The molecule has 3 heterocycles. The highest BCUT2D eigenvalue weighted by atomic mass is 16.7. The van der Waals surface area contributed by atoms with Gasteiger partial charge in [0.1, 0.15) is 6.17 Å². The van der Waals surface area contributed by atoms with Crippen molar-refractivity contribution in [2.24, 2.45) is 0 Å². The zero-order valence-electron chi connectivity index (χ0n) is 19.6. The fourth-order valence-electron chi connectivity index (χ4n) is 5.12. The molecule has 0 saturated carbocycles. The standard InChI is InChI=1S/C26H33BN2O3/c1-25(2)26(3,4)32-27(31-25)21-15-13-20(14-16-21)23-28-17-9-8-12-22(28)24(30)29(23)18-19-10-6-5-7-11-19/h5-7,10-11,13-16,22-23H,8-9,12,17-18H2,1-4H3/t22?,23-/m1/s1. The van der Waals surface area contributed by atoms with Crippen LogP contribution in [0.3, 0.4) is 0 Å². The molecule has 3 aliphatic heterocycles. The van der Waals surface area contributed by atoms with Crippen LogP contribution in [0.25, 0.3) is 0 Å². The highest BCUT2D eigenvalue weighted by Gasteiger charge is 2.52. The second-order valence-electron chi connectivity index (χ2n) is 10.3. The lowest BCUT2D eigenvalue weighted by Gasteiger charge is -2.34. The second kappa shape index (κ2) is 8.01. The van der Waals surface area contributed by atoms with E-state index in [1.165, 1.54) is 5.56 Å². The van der Waals surface area contributed by atoms with Gasteiger partial charge < -0.3 is 14.2 Å². The van der Waals surface area contributed by atoms with Crippen molar-refractivity contribution in [3.8, 4) is 0 Å². The summed E-state index contributed by atoms with van der Waals surface area (Å²) in [5, 5.41) is 0. The van der Waals surface area contributed by atoms with Crippen LogP contribution < -0.4 is 5.46 Å². The summed E-state index contributed by atoms with van der Waals surface area (Å²) in [5.41, 5.74) is 2.61. The van der Waals surface area contributed by atoms with Crippen molar-refractivity contribution in [1.29, 1.82) is 0 Å². The predicted octanol–water partition coefficient (Wildman–Crippen LogP) is 3.88. The van der Waals surface area contributed by atoms with Gasteiger partial charge in [0, 0.05) is 13.1 Å². The first-order chi connectivity index (χ1) is 15.3. The molecule has 0 aliphatic carbocycles. The van der Waals surface area contributed by atoms with E-state index >= 15 is 0 Å². The Labute approximate surface area is 191 Å². The van der Waals surface area contributed by atoms with Gasteiger partial charge in [0.05, 0.1) is 17.2 Å². The number of fused-ring (bicyclic) bond motifs is 1. The van der Waals surface area contributed by atoms with Crippen molar-refractivity contribution < 1.29 is 14.1 Å². The van der Waals surface area contributed by atoms with E-state index in [1.54, 1.807) is 0 Å². The lowest BCUT2D eigenvalue weighted by atomic mass is 9.78. The van der Waals surface area contributed by atoms with Gasteiger partial charge in [0.15, 0.2) is 0 Å². The summed E-state index contributed by atoms with van der Waals surface area (Å²) in [6, 6.07) is 18.8. The van der Waals surface area contributed by atoms with E-state index in [0.717, 1.165) is 36.8 Å². The molecule has 3 saturated heterocycles. The molecule has 2 aromatic carbocycles. The molecule has 5 nitrogen and oxygen atoms in total. The van der Waals surface area contributed by atoms with Gasteiger partial charge in [0.25, 0.3) is 0 Å². The van der Waals surface area contributed by atoms with Gasteiger partial charge in [-0.05, 0) is 57.1 Å². The molecular weight excluding hydrogens is 399 g/mol. The van der Waals surface area contributed by atoms with Gasteiger partial charge in [-0.15, -0.1) is 0 Å². The minimum atomic E-state index is -0.373. The Kier molecular flexibility index (Phi) is 5.43. The van der Waals surface area contributed by atoms with Crippen LogP contribution in [-0.4, -0.2) is 46.6 Å². The van der Waals surface area contributed by atoms with Crippen molar-refractivity contribution in [3.63, 3.8) is 0 Å². The van der Waals surface area contributed by atoms with Crippen LogP contribution in [-0.2, 0) is 20.6 Å². The smallest absolute Gasteiger partial charge is 0.399 e. The number of hydrogen-bond donors (Lipinski definition) is 0. The van der Waals surface area contributed by atoms with Gasteiger partial charge in [-0.1, -0.05) is 61.0 Å². The fourth-order valence-corrected chi connectivity index (χ4v) is 5.12. The van der Waals surface area contributed by atoms with Gasteiger partial charge in [0.2, 0.25) is 5.91 Å². The highest BCUT2D eigenvalue weighted by Crippen LogP contribution is 2.40. The largest absolute Gasteiger partial charge is 0.494 e. The molecule has 5 rings (SSSR count). The number of hydrogen-bond acceptors (Lipinski definition) is 4. The summed E-state index contributed by atoms with van der Waals surface area (Å²) in [7, 11) is -0.373. The molecule has 0 spiro atoms. The number of piperidine rings is 1. The SMILES string of the molecule is CC1(C)OB(c2ccc([C@H]3N(Cc4ccccc4)C(=O)C4CCCCN43)cc2)OC1(C)C. The quantitative estimate of drug-likeness (QED) is 0.688. The van der Waals surface area contributed by atoms with Gasteiger partial charge in [-0.2, -0.15) is 0 Å². The second-order valence-corrected chi connectivity index (χ2v) is 10.3. The Morgan fingerprint density at radius 1 is 0.938 bits per heavy atom. The Morgan fingerprint density at radius 2 is 1.59 bits per heavy atom. The number of amides is 1. The number of nitrogens with zero attached hydrogens (tertiary/aromatic N) is 2. The number of rotatable bonds is 4. The maximum atomic E-state index is 13.4. The van der Waals surface area contributed by atoms with E-state index in [2.05, 4.69) is 73.9 Å². The molecule has 0 bridgehead atoms. The number of carbonyl (C=O) groups excluding carboxylic acids is 1. The Bertz CT molecular complexity index is 960. The molecule has 2 atom stereocenters. The average Bonchev–Trinajstić information content (AvgIpc) is 3.18. The van der Waals surface area contributed by atoms with Crippen LogP contribution in [0.4, 0.5) is 0 Å². The van der Waals surface area contributed by atoms with Crippen molar-refractivity contribution in [2.75, 3.05) is 6.54 Å². The molecule has 1 unspecified atom stereocenters. The molecule has 3 aliphatic rings. The predicted molar refractivity (Wildman–Crippen MR) is 126 cm³/mol. The minimum Gasteiger partial charge on any atom is -0.399 e. The topological polar surface area (TPSA) is 42.0 Å². The lowest BCUT2D eigenvalue weighted by Crippen LogP contribution is -2.41. The third-order valence-electron chi connectivity index (χ3n) is 7.68. The molecule has 3 fully saturated rings. The van der Waals surface area contributed by atoms with E-state index in [9.17, 15) is 4.79 Å². The molecule has 0 aromatic heterocycles. The third kappa shape index (κ3) is 3.68. The first kappa shape index (κ1) is 21.7. The van der Waals surface area contributed by atoms with E-state index < -0.39 is 0 Å². The summed E-state index contributed by atoms with van der Waals surface area (Å²) in [4.78, 5) is 17.9. The third-order valence-corrected chi connectivity index (χ3v) is 7.68. The van der Waals surface area contributed by atoms with Crippen LogP contribution in [0.5, 0.6) is 0 Å². The molecule has 0 N–H and O–H groups in total. The van der Waals surface area contributed by atoms with Gasteiger partial charge >= 0.3 is 7.12 Å². The molecule has 0 radical (unpaired) electrons. The molecule has 32 heavy (non-hydrogen) atoms. The fraction of sp³-hybridized carbons (Fsp3) is 0.500. The van der Waals surface area contributed by atoms with Crippen LogP contribution in [0.15, 0.2) is 54.6 Å². The summed E-state index contributed by atoms with van der Waals surface area (Å²) >= 11 is 0. The van der Waals surface area contributed by atoms with E-state index in [1.807, 2.05) is 18.2 Å². The maximum absolute atomic E-state index is 13.4. The summed E-state index contributed by atoms with van der Waals surface area (Å²) in [5.74, 6) is 0.258. The molecule has 6 heteroatoms. The Hall–Kier alpha value is -2.15. The number of benzene rings is 2. The maximum Gasteiger partial charge on any atom is 0.494 e. The van der Waals surface area contributed by atoms with Crippen molar-refractivity contribution in [3.05, 3.63) is 65.7 Å². The van der Waals surface area contributed by atoms with E-state index in [4.69, 9.17) is 9.31 Å². The minimum absolute atomic E-state index is 0.000218. The molecule has 168 valence electrons. The van der Waals surface area contributed by atoms with Crippen LogP contribution >= 0.6 is 0 Å². The van der Waals surface area contributed by atoms with E-state index in [-0.39, 0.29) is 36.4 Å². The number of carbonyl (C=O) groups is 1. The zero-order valence-corrected chi connectivity index (χ0v) is 19.6. The molecule has 1 amide bonds. The van der Waals surface area contributed by atoms with Gasteiger partial charge in [-0.3, -0.25) is 9.69 Å². The average molecular weight is 432 g/mol. The first-order valence-electron chi connectivity index (χ1n) is 11.8. The summed E-state index contributed by atoms with van der Waals surface area (Å²) in [6.07, 6.45) is 3.19. The van der Waals surface area contributed by atoms with Crippen molar-refractivity contribution >= 4 is 18.5 Å². The van der Waals surface area contributed by atoms with Crippen LogP contribution in [0.1, 0.15) is 64.3 Å². The molecular formula is C26H33BN2O3. The first-order valence-corrected chi connectivity index (χ1v) is 11.8. The molecule has 2 aromatic rings. The van der Waals surface area contributed by atoms with Crippen molar-refractivity contribution in [2.45, 2.75) is 76.9 Å². The Morgan fingerprint density at radius 3 is 2.25 bits per heavy atom. The lowest BCUT2D eigenvalue weighted by molar-refractivity contribution is -0.131. The Balaban J connectivity index is 1.43. The summed E-state index contributed by atoms with van der Waals surface area (Å²) in [6.45, 7) is 9.89. The monoisotopic (exact) mass is 432 g/mol. The van der Waals surface area contributed by atoms with Gasteiger partial charge in [-0.25, -0.2) is 0 Å². The normalized spacial score (nSPS) is 27.1. The highest BCUT2D eigenvalue weighted by molar-refractivity contribution is 6.62.